The van der Waals surface area contributed by atoms with Gasteiger partial charge in [0.1, 0.15) is 5.82 Å². The Hall–Kier alpha value is -2.75. The molecule has 9 nitrogen and oxygen atoms in total. The van der Waals surface area contributed by atoms with Crippen molar-refractivity contribution in [2.75, 3.05) is 37.0 Å². The quantitative estimate of drug-likeness (QED) is 0.457. The van der Waals surface area contributed by atoms with E-state index in [4.69, 9.17) is 9.84 Å². The Labute approximate surface area is 212 Å². The van der Waals surface area contributed by atoms with Gasteiger partial charge in [-0.05, 0) is 76.1 Å². The number of aliphatic hydroxyl groups is 2. The molecule has 9 heteroatoms. The number of methoxy groups -OCH3 is 1. The van der Waals surface area contributed by atoms with E-state index in [1.165, 1.54) is 0 Å². The SMILES string of the molecule is COC[C@H](C)Nc1ncc2c(-c3ccnc(N4CCC(C)(O)CC4)c3)cc([C@H]3CC[C@H](O)CC3)n2n1. The van der Waals surface area contributed by atoms with Gasteiger partial charge in [-0.15, -0.1) is 5.10 Å². The van der Waals surface area contributed by atoms with Crippen molar-refractivity contribution < 1.29 is 14.9 Å². The van der Waals surface area contributed by atoms with Crippen molar-refractivity contribution in [3.63, 3.8) is 0 Å². The molecular formula is C27H38N6O3. The number of nitrogens with zero attached hydrogens (tertiary/aromatic N) is 5. The molecule has 2 aliphatic rings. The van der Waals surface area contributed by atoms with Crippen LogP contribution in [0.25, 0.3) is 16.6 Å². The van der Waals surface area contributed by atoms with Gasteiger partial charge in [0.05, 0.1) is 30.0 Å². The zero-order valence-corrected chi connectivity index (χ0v) is 21.5. The van der Waals surface area contributed by atoms with Crippen molar-refractivity contribution in [2.24, 2.45) is 0 Å². The lowest BCUT2D eigenvalue weighted by Crippen LogP contribution is -2.42. The molecule has 0 bridgehead atoms. The monoisotopic (exact) mass is 494 g/mol. The minimum absolute atomic E-state index is 0.0869. The first-order valence-corrected chi connectivity index (χ1v) is 13.1. The number of rotatable bonds is 7. The number of nitrogens with one attached hydrogen (secondary N) is 1. The molecule has 1 saturated heterocycles. The summed E-state index contributed by atoms with van der Waals surface area (Å²) in [6, 6.07) is 6.51. The summed E-state index contributed by atoms with van der Waals surface area (Å²) >= 11 is 0. The number of hydrogen-bond donors (Lipinski definition) is 3. The van der Waals surface area contributed by atoms with Gasteiger partial charge in [-0.3, -0.25) is 0 Å². The second-order valence-electron chi connectivity index (χ2n) is 10.8. The highest BCUT2D eigenvalue weighted by atomic mass is 16.5. The van der Waals surface area contributed by atoms with Gasteiger partial charge in [0, 0.05) is 49.6 Å². The summed E-state index contributed by atoms with van der Waals surface area (Å²) in [5.74, 6) is 1.83. The van der Waals surface area contributed by atoms with Gasteiger partial charge in [-0.25, -0.2) is 14.5 Å². The molecule has 2 fully saturated rings. The Bertz CT molecular complexity index is 1180. The van der Waals surface area contributed by atoms with Gasteiger partial charge in [-0.1, -0.05) is 0 Å². The van der Waals surface area contributed by atoms with Crippen LogP contribution in [-0.2, 0) is 4.74 Å². The highest BCUT2D eigenvalue weighted by Crippen LogP contribution is 2.38. The lowest BCUT2D eigenvalue weighted by Gasteiger charge is -2.36. The molecule has 36 heavy (non-hydrogen) atoms. The van der Waals surface area contributed by atoms with Crippen LogP contribution in [0.5, 0.6) is 0 Å². The third-order valence-corrected chi connectivity index (χ3v) is 7.67. The molecule has 4 heterocycles. The fraction of sp³-hybridized carbons (Fsp3) is 0.593. The first kappa shape index (κ1) is 24.9. The van der Waals surface area contributed by atoms with Gasteiger partial charge < -0.3 is 25.2 Å². The van der Waals surface area contributed by atoms with Crippen LogP contribution in [-0.4, -0.2) is 74.3 Å². The van der Waals surface area contributed by atoms with Crippen LogP contribution < -0.4 is 10.2 Å². The minimum Gasteiger partial charge on any atom is -0.393 e. The normalized spacial score (nSPS) is 23.1. The first-order valence-electron chi connectivity index (χ1n) is 13.1. The maximum absolute atomic E-state index is 10.3. The number of aliphatic hydroxyl groups excluding tert-OH is 1. The van der Waals surface area contributed by atoms with Crippen molar-refractivity contribution >= 4 is 17.3 Å². The number of fused-ring (bicyclic) bond motifs is 1. The average Bonchev–Trinajstić information content (AvgIpc) is 3.23. The first-order chi connectivity index (χ1) is 17.3. The number of pyridine rings is 1. The third kappa shape index (κ3) is 5.33. The maximum atomic E-state index is 10.3. The predicted octanol–water partition coefficient (Wildman–Crippen LogP) is 3.61. The van der Waals surface area contributed by atoms with Crippen LogP contribution >= 0.6 is 0 Å². The summed E-state index contributed by atoms with van der Waals surface area (Å²) < 4.78 is 7.29. The molecule has 3 N–H and O–H groups in total. The van der Waals surface area contributed by atoms with Gasteiger partial charge in [0.15, 0.2) is 0 Å². The van der Waals surface area contributed by atoms with Crippen LogP contribution in [0.1, 0.15) is 64.0 Å². The molecule has 194 valence electrons. The zero-order valence-electron chi connectivity index (χ0n) is 21.5. The lowest BCUT2D eigenvalue weighted by molar-refractivity contribution is 0.0350. The molecule has 1 saturated carbocycles. The van der Waals surface area contributed by atoms with Crippen LogP contribution in [0.2, 0.25) is 0 Å². The summed E-state index contributed by atoms with van der Waals surface area (Å²) in [6.07, 6.45) is 8.52. The van der Waals surface area contributed by atoms with Gasteiger partial charge in [0.2, 0.25) is 5.95 Å². The molecule has 1 aliphatic heterocycles. The van der Waals surface area contributed by atoms with Crippen molar-refractivity contribution in [2.45, 2.75) is 76.0 Å². The van der Waals surface area contributed by atoms with E-state index in [9.17, 15) is 10.2 Å². The number of aromatic nitrogens is 4. The average molecular weight is 495 g/mol. The van der Waals surface area contributed by atoms with Crippen molar-refractivity contribution in [1.82, 2.24) is 19.6 Å². The van der Waals surface area contributed by atoms with Crippen molar-refractivity contribution in [3.05, 3.63) is 36.3 Å². The minimum atomic E-state index is -0.598. The fourth-order valence-electron chi connectivity index (χ4n) is 5.46. The molecule has 1 aliphatic carbocycles. The van der Waals surface area contributed by atoms with Gasteiger partial charge in [-0.2, -0.15) is 0 Å². The molecule has 0 radical (unpaired) electrons. The van der Waals surface area contributed by atoms with Crippen molar-refractivity contribution in [3.8, 4) is 11.1 Å². The largest absolute Gasteiger partial charge is 0.393 e. The Kier molecular flexibility index (Phi) is 7.14. The number of anilines is 2. The van der Waals surface area contributed by atoms with Crippen molar-refractivity contribution in [1.29, 1.82) is 0 Å². The second-order valence-corrected chi connectivity index (χ2v) is 10.8. The third-order valence-electron chi connectivity index (χ3n) is 7.67. The lowest BCUT2D eigenvalue weighted by atomic mass is 9.85. The molecule has 3 aromatic heterocycles. The van der Waals surface area contributed by atoms with Gasteiger partial charge >= 0.3 is 0 Å². The van der Waals surface area contributed by atoms with E-state index in [1.54, 1.807) is 7.11 Å². The van der Waals surface area contributed by atoms with E-state index in [0.29, 0.717) is 18.5 Å². The molecule has 0 unspecified atom stereocenters. The Morgan fingerprint density at radius 2 is 1.92 bits per heavy atom. The number of piperidine rings is 1. The topological polar surface area (TPSA) is 108 Å². The van der Waals surface area contributed by atoms with Gasteiger partial charge in [0.25, 0.3) is 0 Å². The summed E-state index contributed by atoms with van der Waals surface area (Å²) in [7, 11) is 1.69. The molecule has 5 rings (SSSR count). The highest BCUT2D eigenvalue weighted by Gasteiger charge is 2.29. The van der Waals surface area contributed by atoms with E-state index in [1.807, 2.05) is 36.8 Å². The number of ether oxygens (including phenoxy) is 1. The fourth-order valence-corrected chi connectivity index (χ4v) is 5.46. The van der Waals surface area contributed by atoms with E-state index < -0.39 is 5.60 Å². The van der Waals surface area contributed by atoms with Crippen LogP contribution in [0, 0.1) is 0 Å². The van der Waals surface area contributed by atoms with E-state index >= 15 is 0 Å². The summed E-state index contributed by atoms with van der Waals surface area (Å²) in [6.45, 7) is 6.09. The number of hydrogen-bond acceptors (Lipinski definition) is 8. The van der Waals surface area contributed by atoms with E-state index in [-0.39, 0.29) is 12.1 Å². The summed E-state index contributed by atoms with van der Waals surface area (Å²) in [5, 5.41) is 28.6. The van der Waals surface area contributed by atoms with Crippen LogP contribution in [0.4, 0.5) is 11.8 Å². The Balaban J connectivity index is 1.51. The van der Waals surface area contributed by atoms with E-state index in [0.717, 1.165) is 79.8 Å². The van der Waals surface area contributed by atoms with E-state index in [2.05, 4.69) is 32.3 Å². The van der Waals surface area contributed by atoms with Crippen LogP contribution in [0.3, 0.4) is 0 Å². The summed E-state index contributed by atoms with van der Waals surface area (Å²) in [5.41, 5.74) is 3.68. The molecule has 0 amide bonds. The standard InChI is InChI=1S/C27H38N6O3/c1-18(17-36-3)30-26-29-16-24-22(15-23(33(24)31-26)19-4-6-21(34)7-5-19)20-8-11-28-25(14-20)32-12-9-27(2,35)10-13-32/h8,11,14-16,18-19,21,34-35H,4-7,9-10,12-13,17H2,1-3H3,(H,30,31)/t18-,19-,21-/m0/s1. The second kappa shape index (κ2) is 10.3. The smallest absolute Gasteiger partial charge is 0.241 e. The predicted molar refractivity (Wildman–Crippen MR) is 140 cm³/mol. The zero-order chi connectivity index (χ0) is 25.3. The summed E-state index contributed by atoms with van der Waals surface area (Å²) in [4.78, 5) is 11.5. The van der Waals surface area contributed by atoms with Crippen LogP contribution in [0.15, 0.2) is 30.6 Å². The molecule has 3 aromatic rings. The molecule has 0 spiro atoms. The molecular weight excluding hydrogens is 456 g/mol. The molecule has 1 atom stereocenters. The Morgan fingerprint density at radius 1 is 1.17 bits per heavy atom. The molecule has 0 aromatic carbocycles. The maximum Gasteiger partial charge on any atom is 0.241 e. The highest BCUT2D eigenvalue weighted by molar-refractivity contribution is 5.82. The Morgan fingerprint density at radius 3 is 2.64 bits per heavy atom.